The van der Waals surface area contributed by atoms with E-state index in [1.165, 1.54) is 24.3 Å². The highest BCUT2D eigenvalue weighted by molar-refractivity contribution is 5.68. The summed E-state index contributed by atoms with van der Waals surface area (Å²) in [7, 11) is 1.57. The molecule has 8 heteroatoms. The minimum Gasteiger partial charge on any atom is -0.497 e. The highest BCUT2D eigenvalue weighted by Crippen LogP contribution is 2.32. The standard InChI is InChI=1S/C30H25F2N3O3/c1-37-25-12-6-20(7-13-25)28-18-27(26(19-33)30(36)38-28)34-14-16-35(17-15-34)29(21-2-8-23(31)9-3-21)22-4-10-24(32)11-5-22/h2-13,18,29H,14-17H2,1H3. The molecule has 0 amide bonds. The van der Waals surface area contributed by atoms with E-state index in [4.69, 9.17) is 9.15 Å². The van der Waals surface area contributed by atoms with E-state index in [1.54, 1.807) is 61.7 Å². The van der Waals surface area contributed by atoms with Crippen LogP contribution in [0, 0.1) is 23.0 Å². The van der Waals surface area contributed by atoms with Crippen LogP contribution in [0.4, 0.5) is 14.5 Å². The van der Waals surface area contributed by atoms with Crippen LogP contribution in [0.1, 0.15) is 22.7 Å². The van der Waals surface area contributed by atoms with Crippen LogP contribution in [0.15, 0.2) is 88.1 Å². The van der Waals surface area contributed by atoms with Crippen molar-refractivity contribution >= 4 is 5.69 Å². The minimum atomic E-state index is -0.686. The zero-order valence-electron chi connectivity index (χ0n) is 20.7. The molecule has 4 aromatic rings. The Morgan fingerprint density at radius 3 is 1.92 bits per heavy atom. The SMILES string of the molecule is COc1ccc(-c2cc(N3CCN(C(c4ccc(F)cc4)c4ccc(F)cc4)CC3)c(C#N)c(=O)o2)cc1. The molecule has 0 unspecified atom stereocenters. The number of benzene rings is 3. The Kier molecular flexibility index (Phi) is 7.20. The van der Waals surface area contributed by atoms with E-state index < -0.39 is 5.63 Å². The highest BCUT2D eigenvalue weighted by atomic mass is 19.1. The van der Waals surface area contributed by atoms with Crippen molar-refractivity contribution in [2.45, 2.75) is 6.04 Å². The molecule has 0 saturated carbocycles. The summed E-state index contributed by atoms with van der Waals surface area (Å²) in [5, 5.41) is 9.72. The van der Waals surface area contributed by atoms with Crippen molar-refractivity contribution in [1.29, 1.82) is 5.26 Å². The average Bonchev–Trinajstić information content (AvgIpc) is 2.95. The van der Waals surface area contributed by atoms with Gasteiger partial charge in [0.05, 0.1) is 18.8 Å². The lowest BCUT2D eigenvalue weighted by Crippen LogP contribution is -2.48. The quantitative estimate of drug-likeness (QED) is 0.345. The van der Waals surface area contributed by atoms with Crippen molar-refractivity contribution in [3.8, 4) is 23.1 Å². The first-order chi connectivity index (χ1) is 18.5. The Balaban J connectivity index is 1.43. The number of ether oxygens (including phenoxy) is 1. The number of nitriles is 1. The van der Waals surface area contributed by atoms with Gasteiger partial charge in [0.25, 0.3) is 0 Å². The van der Waals surface area contributed by atoms with E-state index in [9.17, 15) is 18.8 Å². The van der Waals surface area contributed by atoms with Crippen molar-refractivity contribution in [3.05, 3.63) is 118 Å². The molecule has 3 aromatic carbocycles. The predicted molar refractivity (Wildman–Crippen MR) is 140 cm³/mol. The molecule has 0 aliphatic carbocycles. The van der Waals surface area contributed by atoms with Crippen LogP contribution in [-0.2, 0) is 0 Å². The number of hydrogen-bond donors (Lipinski definition) is 0. The fourth-order valence-corrected chi connectivity index (χ4v) is 4.86. The van der Waals surface area contributed by atoms with Crippen molar-refractivity contribution in [2.75, 3.05) is 38.2 Å². The monoisotopic (exact) mass is 513 g/mol. The molecule has 0 spiro atoms. The number of methoxy groups -OCH3 is 1. The van der Waals surface area contributed by atoms with Crippen molar-refractivity contribution in [3.63, 3.8) is 0 Å². The summed E-state index contributed by atoms with van der Waals surface area (Å²) in [5.41, 5.74) is 2.28. The third-order valence-corrected chi connectivity index (χ3v) is 6.81. The van der Waals surface area contributed by atoms with E-state index in [1.807, 2.05) is 11.0 Å². The number of nitrogens with zero attached hydrogens (tertiary/aromatic N) is 3. The lowest BCUT2D eigenvalue weighted by molar-refractivity contribution is 0.212. The summed E-state index contributed by atoms with van der Waals surface area (Å²) in [6.07, 6.45) is 0. The van der Waals surface area contributed by atoms with Gasteiger partial charge in [0.2, 0.25) is 0 Å². The van der Waals surface area contributed by atoms with Gasteiger partial charge in [-0.05, 0) is 59.7 Å². The van der Waals surface area contributed by atoms with Crippen LogP contribution in [-0.4, -0.2) is 38.2 Å². The topological polar surface area (TPSA) is 69.7 Å². The maximum absolute atomic E-state index is 13.6. The molecule has 2 heterocycles. The molecule has 1 fully saturated rings. The molecule has 0 radical (unpaired) electrons. The van der Waals surface area contributed by atoms with Crippen LogP contribution in [0.2, 0.25) is 0 Å². The molecule has 38 heavy (non-hydrogen) atoms. The van der Waals surface area contributed by atoms with Gasteiger partial charge in [-0.25, -0.2) is 13.6 Å². The van der Waals surface area contributed by atoms with Crippen LogP contribution in [0.25, 0.3) is 11.3 Å². The van der Waals surface area contributed by atoms with E-state index in [0.29, 0.717) is 48.9 Å². The van der Waals surface area contributed by atoms with Crippen molar-refractivity contribution in [1.82, 2.24) is 4.90 Å². The number of piperazine rings is 1. The molecule has 0 atom stereocenters. The third-order valence-electron chi connectivity index (χ3n) is 6.81. The molecular formula is C30H25F2N3O3. The Hall–Kier alpha value is -4.48. The molecule has 0 bridgehead atoms. The molecule has 1 aliphatic heterocycles. The second kappa shape index (κ2) is 10.9. The molecule has 1 aromatic heterocycles. The van der Waals surface area contributed by atoms with Gasteiger partial charge in [0.15, 0.2) is 5.56 Å². The van der Waals surface area contributed by atoms with Crippen LogP contribution in [0.5, 0.6) is 5.75 Å². The first kappa shape index (κ1) is 25.2. The Labute approximate surface area is 218 Å². The van der Waals surface area contributed by atoms with Crippen LogP contribution in [0.3, 0.4) is 0 Å². The Morgan fingerprint density at radius 2 is 1.42 bits per heavy atom. The summed E-state index contributed by atoms with van der Waals surface area (Å²) >= 11 is 0. The summed E-state index contributed by atoms with van der Waals surface area (Å²) < 4.78 is 38.0. The zero-order chi connectivity index (χ0) is 26.6. The van der Waals surface area contributed by atoms with Crippen LogP contribution >= 0.6 is 0 Å². The summed E-state index contributed by atoms with van der Waals surface area (Å²) in [6, 6.07) is 23.3. The average molecular weight is 514 g/mol. The first-order valence-corrected chi connectivity index (χ1v) is 12.2. The number of rotatable bonds is 6. The predicted octanol–water partition coefficient (Wildman–Crippen LogP) is 5.38. The van der Waals surface area contributed by atoms with Gasteiger partial charge in [-0.3, -0.25) is 4.90 Å². The van der Waals surface area contributed by atoms with E-state index in [2.05, 4.69) is 4.90 Å². The van der Waals surface area contributed by atoms with Gasteiger partial charge in [-0.15, -0.1) is 0 Å². The van der Waals surface area contributed by atoms with E-state index in [0.717, 1.165) is 11.1 Å². The summed E-state index contributed by atoms with van der Waals surface area (Å²) in [4.78, 5) is 17.0. The summed E-state index contributed by atoms with van der Waals surface area (Å²) in [6.45, 7) is 2.28. The molecule has 5 rings (SSSR count). The van der Waals surface area contributed by atoms with E-state index in [-0.39, 0.29) is 23.2 Å². The van der Waals surface area contributed by atoms with Gasteiger partial charge in [0.1, 0.15) is 29.2 Å². The van der Waals surface area contributed by atoms with Gasteiger partial charge in [0, 0.05) is 37.8 Å². The van der Waals surface area contributed by atoms with Crippen molar-refractivity contribution in [2.24, 2.45) is 0 Å². The zero-order valence-corrected chi connectivity index (χ0v) is 20.7. The third kappa shape index (κ3) is 5.15. The Morgan fingerprint density at radius 1 is 0.868 bits per heavy atom. The Bertz CT molecular complexity index is 1460. The number of hydrogen-bond acceptors (Lipinski definition) is 6. The first-order valence-electron chi connectivity index (χ1n) is 12.2. The van der Waals surface area contributed by atoms with Crippen LogP contribution < -0.4 is 15.3 Å². The normalized spacial score (nSPS) is 13.9. The molecule has 0 N–H and O–H groups in total. The van der Waals surface area contributed by atoms with Gasteiger partial charge < -0.3 is 14.1 Å². The maximum Gasteiger partial charge on any atom is 0.356 e. The highest BCUT2D eigenvalue weighted by Gasteiger charge is 2.28. The largest absolute Gasteiger partial charge is 0.497 e. The van der Waals surface area contributed by atoms with Gasteiger partial charge in [-0.1, -0.05) is 24.3 Å². The minimum absolute atomic E-state index is 0.0377. The second-order valence-corrected chi connectivity index (χ2v) is 9.03. The second-order valence-electron chi connectivity index (χ2n) is 9.03. The molecule has 1 aliphatic rings. The molecule has 1 saturated heterocycles. The molecular weight excluding hydrogens is 488 g/mol. The fraction of sp³-hybridized carbons (Fsp3) is 0.200. The summed E-state index contributed by atoms with van der Waals surface area (Å²) in [5.74, 6) is 0.398. The number of halogens is 2. The van der Waals surface area contributed by atoms with E-state index >= 15 is 0 Å². The maximum atomic E-state index is 13.6. The fourth-order valence-electron chi connectivity index (χ4n) is 4.86. The lowest BCUT2D eigenvalue weighted by atomic mass is 9.96. The molecule has 192 valence electrons. The lowest BCUT2D eigenvalue weighted by Gasteiger charge is -2.40. The molecule has 6 nitrogen and oxygen atoms in total. The van der Waals surface area contributed by atoms with Crippen molar-refractivity contribution < 1.29 is 17.9 Å². The number of anilines is 1. The van der Waals surface area contributed by atoms with Gasteiger partial charge in [-0.2, -0.15) is 5.26 Å². The smallest absolute Gasteiger partial charge is 0.356 e. The van der Waals surface area contributed by atoms with Gasteiger partial charge >= 0.3 is 5.63 Å².